The summed E-state index contributed by atoms with van der Waals surface area (Å²) in [5.74, 6) is -0.749. The van der Waals surface area contributed by atoms with Crippen LogP contribution in [0.2, 0.25) is 0 Å². The van der Waals surface area contributed by atoms with E-state index in [4.69, 9.17) is 5.11 Å². The summed E-state index contributed by atoms with van der Waals surface area (Å²) < 4.78 is 0. The average molecular weight is 233 g/mol. The minimum Gasteiger partial charge on any atom is -0.481 e. The molecule has 0 aromatic heterocycles. The molecular formula is C14H19NO2. The van der Waals surface area contributed by atoms with Crippen LogP contribution in [0.15, 0.2) is 24.3 Å². The van der Waals surface area contributed by atoms with E-state index in [1.807, 2.05) is 6.07 Å². The molecule has 92 valence electrons. The lowest BCUT2D eigenvalue weighted by atomic mass is 9.85. The maximum atomic E-state index is 10.5. The smallest absolute Gasteiger partial charge is 0.304 e. The number of rotatable bonds is 4. The predicted molar refractivity (Wildman–Crippen MR) is 66.9 cm³/mol. The Labute approximate surface area is 102 Å². The largest absolute Gasteiger partial charge is 0.481 e. The molecule has 0 amide bonds. The van der Waals surface area contributed by atoms with Gasteiger partial charge in [-0.05, 0) is 23.0 Å². The van der Waals surface area contributed by atoms with Gasteiger partial charge in [-0.15, -0.1) is 0 Å². The molecule has 0 heterocycles. The van der Waals surface area contributed by atoms with Crippen LogP contribution in [0.3, 0.4) is 0 Å². The number of aliphatic carboxylic acids is 1. The first-order chi connectivity index (χ1) is 8.00. The van der Waals surface area contributed by atoms with Crippen molar-refractivity contribution in [3.8, 4) is 0 Å². The van der Waals surface area contributed by atoms with Gasteiger partial charge in [0.25, 0.3) is 0 Å². The highest BCUT2D eigenvalue weighted by atomic mass is 16.4. The van der Waals surface area contributed by atoms with Gasteiger partial charge in [0.1, 0.15) is 0 Å². The summed E-state index contributed by atoms with van der Waals surface area (Å²) in [6.07, 6.45) is 1.22. The molecule has 1 aliphatic rings. The standard InChI is InChI=1S/C14H19NO2/c1-14(2)9-10-5-3-4-6-11(10)13(14)15-8-7-12(16)17/h3-6,13,15H,7-9H2,1-2H3,(H,16,17). The third kappa shape index (κ3) is 2.50. The van der Waals surface area contributed by atoms with E-state index < -0.39 is 5.97 Å². The fraction of sp³-hybridized carbons (Fsp3) is 0.500. The highest BCUT2D eigenvalue weighted by Gasteiger charge is 2.38. The number of nitrogens with one attached hydrogen (secondary N) is 1. The van der Waals surface area contributed by atoms with Crippen molar-refractivity contribution in [2.45, 2.75) is 32.7 Å². The number of benzene rings is 1. The highest BCUT2D eigenvalue weighted by molar-refractivity contribution is 5.66. The molecule has 0 spiro atoms. The first kappa shape index (κ1) is 12.1. The lowest BCUT2D eigenvalue weighted by Crippen LogP contribution is -2.32. The van der Waals surface area contributed by atoms with Gasteiger partial charge in [0.2, 0.25) is 0 Å². The zero-order chi connectivity index (χ0) is 12.5. The first-order valence-corrected chi connectivity index (χ1v) is 6.04. The van der Waals surface area contributed by atoms with E-state index in [0.29, 0.717) is 6.54 Å². The molecule has 1 atom stereocenters. The van der Waals surface area contributed by atoms with E-state index >= 15 is 0 Å². The molecule has 2 rings (SSSR count). The maximum Gasteiger partial charge on any atom is 0.304 e. The number of hydrogen-bond donors (Lipinski definition) is 2. The molecule has 0 aliphatic heterocycles. The van der Waals surface area contributed by atoms with Gasteiger partial charge in [0, 0.05) is 12.6 Å². The molecule has 0 fully saturated rings. The monoisotopic (exact) mass is 233 g/mol. The van der Waals surface area contributed by atoms with Gasteiger partial charge in [-0.25, -0.2) is 0 Å². The van der Waals surface area contributed by atoms with Gasteiger partial charge in [-0.1, -0.05) is 38.1 Å². The van der Waals surface area contributed by atoms with Gasteiger partial charge in [0.05, 0.1) is 6.42 Å². The quantitative estimate of drug-likeness (QED) is 0.839. The Balaban J connectivity index is 2.11. The average Bonchev–Trinajstić information content (AvgIpc) is 2.49. The van der Waals surface area contributed by atoms with Crippen molar-refractivity contribution < 1.29 is 9.90 Å². The molecule has 1 aliphatic carbocycles. The molecule has 3 nitrogen and oxygen atoms in total. The van der Waals surface area contributed by atoms with Crippen LogP contribution in [-0.4, -0.2) is 17.6 Å². The van der Waals surface area contributed by atoms with Crippen LogP contribution in [-0.2, 0) is 11.2 Å². The zero-order valence-corrected chi connectivity index (χ0v) is 10.4. The molecule has 3 heteroatoms. The Morgan fingerprint density at radius 3 is 2.88 bits per heavy atom. The molecule has 2 N–H and O–H groups in total. The molecule has 0 saturated carbocycles. The summed E-state index contributed by atoms with van der Waals surface area (Å²) in [6, 6.07) is 8.68. The Hall–Kier alpha value is -1.35. The SMILES string of the molecule is CC1(C)Cc2ccccc2C1NCCC(=O)O. The third-order valence-corrected chi connectivity index (χ3v) is 3.48. The van der Waals surface area contributed by atoms with Gasteiger partial charge < -0.3 is 10.4 Å². The van der Waals surface area contributed by atoms with Crippen molar-refractivity contribution in [1.29, 1.82) is 0 Å². The normalized spacial score (nSPS) is 21.2. The lowest BCUT2D eigenvalue weighted by molar-refractivity contribution is -0.136. The van der Waals surface area contributed by atoms with Crippen molar-refractivity contribution in [3.63, 3.8) is 0 Å². The molecule has 1 unspecified atom stereocenters. The van der Waals surface area contributed by atoms with Crippen LogP contribution in [0.4, 0.5) is 0 Å². The van der Waals surface area contributed by atoms with E-state index in [1.54, 1.807) is 0 Å². The van der Waals surface area contributed by atoms with Crippen molar-refractivity contribution in [1.82, 2.24) is 5.32 Å². The van der Waals surface area contributed by atoms with Crippen LogP contribution >= 0.6 is 0 Å². The van der Waals surface area contributed by atoms with Crippen LogP contribution in [0.25, 0.3) is 0 Å². The fourth-order valence-corrected chi connectivity index (χ4v) is 2.70. The number of carboxylic acid groups (broad SMARTS) is 1. The van der Waals surface area contributed by atoms with E-state index in [9.17, 15) is 4.79 Å². The number of carbonyl (C=O) groups is 1. The van der Waals surface area contributed by atoms with E-state index in [-0.39, 0.29) is 17.9 Å². The molecule has 0 bridgehead atoms. The van der Waals surface area contributed by atoms with Crippen LogP contribution in [0.5, 0.6) is 0 Å². The molecule has 1 aromatic carbocycles. The lowest BCUT2D eigenvalue weighted by Gasteiger charge is -2.28. The van der Waals surface area contributed by atoms with Crippen LogP contribution in [0, 0.1) is 5.41 Å². The first-order valence-electron chi connectivity index (χ1n) is 6.04. The van der Waals surface area contributed by atoms with Gasteiger partial charge >= 0.3 is 5.97 Å². The van der Waals surface area contributed by atoms with Crippen molar-refractivity contribution >= 4 is 5.97 Å². The topological polar surface area (TPSA) is 49.3 Å². The predicted octanol–water partition coefficient (Wildman–Crippen LogP) is 2.37. The summed E-state index contributed by atoms with van der Waals surface area (Å²) in [6.45, 7) is 4.98. The van der Waals surface area contributed by atoms with E-state index in [0.717, 1.165) is 6.42 Å². The van der Waals surface area contributed by atoms with Crippen LogP contribution in [0.1, 0.15) is 37.4 Å². The van der Waals surface area contributed by atoms with Gasteiger partial charge in [-0.2, -0.15) is 0 Å². The van der Waals surface area contributed by atoms with Crippen molar-refractivity contribution in [2.24, 2.45) is 5.41 Å². The van der Waals surface area contributed by atoms with Crippen molar-refractivity contribution in [3.05, 3.63) is 35.4 Å². The summed E-state index contributed by atoms with van der Waals surface area (Å²) in [4.78, 5) is 10.5. The molecule has 1 aromatic rings. The second kappa shape index (κ2) is 4.49. The summed E-state index contributed by atoms with van der Waals surface area (Å²) in [5.41, 5.74) is 2.86. The molecule has 0 saturated heterocycles. The number of carboxylic acids is 1. The van der Waals surface area contributed by atoms with Gasteiger partial charge in [-0.3, -0.25) is 4.79 Å². The minimum atomic E-state index is -0.749. The van der Waals surface area contributed by atoms with Gasteiger partial charge in [0.15, 0.2) is 0 Å². The third-order valence-electron chi connectivity index (χ3n) is 3.48. The van der Waals surface area contributed by atoms with Crippen molar-refractivity contribution in [2.75, 3.05) is 6.54 Å². The molecular weight excluding hydrogens is 214 g/mol. The second-order valence-corrected chi connectivity index (χ2v) is 5.40. The minimum absolute atomic E-state index is 0.155. The fourth-order valence-electron chi connectivity index (χ4n) is 2.70. The molecule has 0 radical (unpaired) electrons. The van der Waals surface area contributed by atoms with E-state index in [2.05, 4.69) is 37.4 Å². The Morgan fingerprint density at radius 1 is 1.47 bits per heavy atom. The summed E-state index contributed by atoms with van der Waals surface area (Å²) in [7, 11) is 0. The van der Waals surface area contributed by atoms with Crippen LogP contribution < -0.4 is 5.32 Å². The number of hydrogen-bond acceptors (Lipinski definition) is 2. The second-order valence-electron chi connectivity index (χ2n) is 5.40. The zero-order valence-electron chi connectivity index (χ0n) is 10.4. The van der Waals surface area contributed by atoms with E-state index in [1.165, 1.54) is 11.1 Å². The Bertz CT molecular complexity index is 426. The Kier molecular flexibility index (Phi) is 3.20. The molecule has 17 heavy (non-hydrogen) atoms. The summed E-state index contributed by atoms with van der Waals surface area (Å²) >= 11 is 0. The Morgan fingerprint density at radius 2 is 2.18 bits per heavy atom. The number of fused-ring (bicyclic) bond motifs is 1. The maximum absolute atomic E-state index is 10.5. The highest BCUT2D eigenvalue weighted by Crippen LogP contribution is 2.44. The summed E-state index contributed by atoms with van der Waals surface area (Å²) in [5, 5.41) is 12.1.